The lowest BCUT2D eigenvalue weighted by Crippen LogP contribution is -2.48. The molecule has 0 radical (unpaired) electrons. The maximum Gasteiger partial charge on any atom is 0.261 e. The van der Waals surface area contributed by atoms with E-state index in [-0.39, 0.29) is 10.8 Å². The van der Waals surface area contributed by atoms with Gasteiger partial charge in [-0.25, -0.2) is 8.42 Å². The molecule has 0 unspecified atom stereocenters. The van der Waals surface area contributed by atoms with Gasteiger partial charge in [0.1, 0.15) is 11.4 Å². The fourth-order valence-electron chi connectivity index (χ4n) is 3.58. The van der Waals surface area contributed by atoms with Crippen molar-refractivity contribution in [2.45, 2.75) is 45.1 Å². The number of fused-ring (bicyclic) bond motifs is 1. The molecule has 1 heterocycles. The largest absolute Gasteiger partial charge is 0.484 e. The molecule has 0 spiro atoms. The summed E-state index contributed by atoms with van der Waals surface area (Å²) in [6.45, 7) is 11.5. The van der Waals surface area contributed by atoms with E-state index in [1.807, 2.05) is 26.0 Å². The number of amides is 1. The number of nitrogens with zero attached hydrogens (tertiary/aromatic N) is 2. The topological polar surface area (TPSA) is 79.0 Å². The first-order valence-electron chi connectivity index (χ1n) is 10.1. The number of carbonyl (C=O) groups excluding carboxylic acids is 1. The van der Waals surface area contributed by atoms with Crippen LogP contribution < -0.4 is 19.3 Å². The normalized spacial score (nSPS) is 15.2. The van der Waals surface area contributed by atoms with E-state index in [0.717, 1.165) is 18.8 Å². The van der Waals surface area contributed by atoms with Gasteiger partial charge >= 0.3 is 0 Å². The highest BCUT2D eigenvalue weighted by Gasteiger charge is 2.34. The van der Waals surface area contributed by atoms with Crippen molar-refractivity contribution in [2.24, 2.45) is 0 Å². The zero-order valence-corrected chi connectivity index (χ0v) is 18.9. The van der Waals surface area contributed by atoms with Crippen LogP contribution in [0.5, 0.6) is 5.75 Å². The molecule has 7 nitrogen and oxygen atoms in total. The van der Waals surface area contributed by atoms with Gasteiger partial charge in [-0.3, -0.25) is 9.52 Å². The van der Waals surface area contributed by atoms with Gasteiger partial charge in [0, 0.05) is 31.4 Å². The van der Waals surface area contributed by atoms with Crippen LogP contribution in [0.4, 0.5) is 17.1 Å². The highest BCUT2D eigenvalue weighted by molar-refractivity contribution is 7.92. The summed E-state index contributed by atoms with van der Waals surface area (Å²) in [6, 6.07) is 11.9. The predicted octanol–water partition coefficient (Wildman–Crippen LogP) is 3.86. The molecule has 0 aromatic heterocycles. The Hall–Kier alpha value is -2.74. The molecule has 1 amide bonds. The maximum absolute atomic E-state index is 13.0. The molecule has 0 fully saturated rings. The summed E-state index contributed by atoms with van der Waals surface area (Å²) in [5.41, 5.74) is 1.42. The molecule has 0 aliphatic carbocycles. The molecule has 0 bridgehead atoms. The number of sulfonamides is 1. The number of rotatable bonds is 6. The number of hydrogen-bond donors (Lipinski definition) is 1. The van der Waals surface area contributed by atoms with Crippen molar-refractivity contribution in [2.75, 3.05) is 34.2 Å². The Labute approximate surface area is 178 Å². The number of hydrogen-bond acceptors (Lipinski definition) is 5. The SMILES string of the molecule is CCN(CC)c1ccc(NS(=O)(=O)c2ccc3c(c2)N(C(C)=O)CC(C)(C)O3)cc1. The Morgan fingerprint density at radius 1 is 1.13 bits per heavy atom. The smallest absolute Gasteiger partial charge is 0.261 e. The Bertz CT molecular complexity index is 1030. The Morgan fingerprint density at radius 2 is 1.77 bits per heavy atom. The van der Waals surface area contributed by atoms with Crippen LogP contribution in [0.1, 0.15) is 34.6 Å². The Morgan fingerprint density at radius 3 is 2.33 bits per heavy atom. The van der Waals surface area contributed by atoms with Crippen LogP contribution >= 0.6 is 0 Å². The molecule has 2 aromatic rings. The van der Waals surface area contributed by atoms with Crippen molar-refractivity contribution >= 4 is 33.0 Å². The monoisotopic (exact) mass is 431 g/mol. The Balaban J connectivity index is 1.89. The molecule has 162 valence electrons. The predicted molar refractivity (Wildman–Crippen MR) is 120 cm³/mol. The van der Waals surface area contributed by atoms with Gasteiger partial charge in [0.2, 0.25) is 5.91 Å². The van der Waals surface area contributed by atoms with Crippen LogP contribution in [0.15, 0.2) is 47.4 Å². The molecule has 2 aromatic carbocycles. The van der Waals surface area contributed by atoms with Gasteiger partial charge in [0.15, 0.2) is 0 Å². The molecule has 3 rings (SSSR count). The number of benzene rings is 2. The fraction of sp³-hybridized carbons (Fsp3) is 0.409. The van der Waals surface area contributed by atoms with Crippen LogP contribution in [-0.4, -0.2) is 39.6 Å². The van der Waals surface area contributed by atoms with E-state index in [4.69, 9.17) is 4.74 Å². The van der Waals surface area contributed by atoms with E-state index in [2.05, 4.69) is 23.5 Å². The summed E-state index contributed by atoms with van der Waals surface area (Å²) < 4.78 is 34.5. The van der Waals surface area contributed by atoms with E-state index in [1.54, 1.807) is 23.1 Å². The zero-order valence-electron chi connectivity index (χ0n) is 18.1. The van der Waals surface area contributed by atoms with Crippen molar-refractivity contribution in [1.82, 2.24) is 0 Å². The number of ether oxygens (including phenoxy) is 1. The summed E-state index contributed by atoms with van der Waals surface area (Å²) in [5, 5.41) is 0. The molecule has 0 saturated heterocycles. The average Bonchev–Trinajstić information content (AvgIpc) is 2.68. The van der Waals surface area contributed by atoms with Crippen molar-refractivity contribution < 1.29 is 17.9 Å². The first-order chi connectivity index (χ1) is 14.1. The maximum atomic E-state index is 13.0. The number of carbonyl (C=O) groups is 1. The van der Waals surface area contributed by atoms with Crippen molar-refractivity contribution in [3.63, 3.8) is 0 Å². The van der Waals surface area contributed by atoms with Crippen LogP contribution in [0.3, 0.4) is 0 Å². The molecule has 1 aliphatic rings. The summed E-state index contributed by atoms with van der Waals surface area (Å²) in [7, 11) is -3.83. The fourth-order valence-corrected chi connectivity index (χ4v) is 4.66. The summed E-state index contributed by atoms with van der Waals surface area (Å²) in [5.74, 6) is 0.325. The van der Waals surface area contributed by atoms with Crippen LogP contribution in [0.2, 0.25) is 0 Å². The van der Waals surface area contributed by atoms with Crippen LogP contribution in [0.25, 0.3) is 0 Å². The molecule has 1 N–H and O–H groups in total. The van der Waals surface area contributed by atoms with E-state index in [9.17, 15) is 13.2 Å². The van der Waals surface area contributed by atoms with Crippen molar-refractivity contribution in [3.8, 4) is 5.75 Å². The molecule has 8 heteroatoms. The third kappa shape index (κ3) is 4.53. The highest BCUT2D eigenvalue weighted by Crippen LogP contribution is 2.38. The number of nitrogens with one attached hydrogen (secondary N) is 1. The van der Waals surface area contributed by atoms with E-state index >= 15 is 0 Å². The molecular weight excluding hydrogens is 402 g/mol. The van der Waals surface area contributed by atoms with Crippen LogP contribution in [-0.2, 0) is 14.8 Å². The molecule has 1 aliphatic heterocycles. The van der Waals surface area contributed by atoms with Gasteiger partial charge in [0.05, 0.1) is 17.1 Å². The molecule has 0 atom stereocenters. The highest BCUT2D eigenvalue weighted by atomic mass is 32.2. The van der Waals surface area contributed by atoms with E-state index < -0.39 is 15.6 Å². The minimum atomic E-state index is -3.83. The lowest BCUT2D eigenvalue weighted by molar-refractivity contribution is -0.117. The quantitative estimate of drug-likeness (QED) is 0.751. The minimum absolute atomic E-state index is 0.0728. The van der Waals surface area contributed by atoms with Gasteiger partial charge in [0.25, 0.3) is 10.0 Å². The third-order valence-corrected chi connectivity index (χ3v) is 6.46. The van der Waals surface area contributed by atoms with Gasteiger partial charge in [-0.15, -0.1) is 0 Å². The number of anilines is 3. The van der Waals surface area contributed by atoms with Gasteiger partial charge in [-0.1, -0.05) is 0 Å². The van der Waals surface area contributed by atoms with Gasteiger partial charge in [-0.2, -0.15) is 0 Å². The lowest BCUT2D eigenvalue weighted by Gasteiger charge is -2.39. The molecular formula is C22H29N3O4S. The standard InChI is InChI=1S/C22H29N3O4S/c1-6-24(7-2)18-10-8-17(9-11-18)23-30(27,28)19-12-13-21-20(14-19)25(16(3)26)15-22(4,5)29-21/h8-14,23H,6-7,15H2,1-5H3. The van der Waals surface area contributed by atoms with Gasteiger partial charge in [-0.05, 0) is 70.2 Å². The molecule has 30 heavy (non-hydrogen) atoms. The summed E-state index contributed by atoms with van der Waals surface area (Å²) in [6.07, 6.45) is 0. The first kappa shape index (κ1) is 22.0. The van der Waals surface area contributed by atoms with E-state index in [1.165, 1.54) is 19.1 Å². The second-order valence-electron chi connectivity index (χ2n) is 7.92. The average molecular weight is 432 g/mol. The van der Waals surface area contributed by atoms with E-state index in [0.29, 0.717) is 23.7 Å². The Kier molecular flexibility index (Phi) is 5.99. The molecule has 0 saturated carbocycles. The summed E-state index contributed by atoms with van der Waals surface area (Å²) in [4.78, 5) is 15.9. The zero-order chi connectivity index (χ0) is 22.1. The second-order valence-corrected chi connectivity index (χ2v) is 9.60. The second kappa shape index (κ2) is 8.18. The summed E-state index contributed by atoms with van der Waals surface area (Å²) >= 11 is 0. The van der Waals surface area contributed by atoms with Gasteiger partial charge < -0.3 is 14.5 Å². The lowest BCUT2D eigenvalue weighted by atomic mass is 10.1. The van der Waals surface area contributed by atoms with Crippen LogP contribution in [0, 0.1) is 0 Å². The third-order valence-electron chi connectivity index (χ3n) is 5.08. The minimum Gasteiger partial charge on any atom is -0.484 e. The van der Waals surface area contributed by atoms with Crippen molar-refractivity contribution in [3.05, 3.63) is 42.5 Å². The first-order valence-corrected chi connectivity index (χ1v) is 11.5. The van der Waals surface area contributed by atoms with Crippen molar-refractivity contribution in [1.29, 1.82) is 0 Å².